The molecule has 4 nitrogen and oxygen atoms in total. The molecule has 1 N–H and O–H groups in total. The first-order valence-corrected chi connectivity index (χ1v) is 7.29. The van der Waals surface area contributed by atoms with Gasteiger partial charge in [-0.1, -0.05) is 30.3 Å². The third kappa shape index (κ3) is 4.08. The van der Waals surface area contributed by atoms with Gasteiger partial charge in [0, 0.05) is 19.5 Å². The predicted molar refractivity (Wildman–Crippen MR) is 78.2 cm³/mol. The fraction of sp³-hybridized carbons (Fsp3) is 0.500. The number of benzene rings is 1. The third-order valence-electron chi connectivity index (χ3n) is 3.65. The Morgan fingerprint density at radius 1 is 1.20 bits per heavy atom. The zero-order valence-electron chi connectivity index (χ0n) is 12.0. The van der Waals surface area contributed by atoms with Crippen LogP contribution in [0, 0.1) is 0 Å². The van der Waals surface area contributed by atoms with Crippen LogP contribution in [0.3, 0.4) is 0 Å². The van der Waals surface area contributed by atoms with Crippen molar-refractivity contribution in [1.82, 2.24) is 10.2 Å². The summed E-state index contributed by atoms with van der Waals surface area (Å²) in [5.41, 5.74) is 1.14. The number of nitrogens with one attached hydrogen (secondary N) is 1. The van der Waals surface area contributed by atoms with Crippen molar-refractivity contribution in [2.45, 2.75) is 38.6 Å². The number of carbonyl (C=O) groups excluding carboxylic acids is 2. The molecule has 0 aromatic heterocycles. The molecule has 2 amide bonds. The molecule has 0 saturated carbocycles. The van der Waals surface area contributed by atoms with Crippen LogP contribution in [-0.4, -0.2) is 35.8 Å². The molecule has 0 aliphatic carbocycles. The first kappa shape index (κ1) is 14.6. The standard InChI is InChI=1S/C16H22N2O2/c1-13(16(20)18-11-5-6-12-18)17-15(19)10-9-14-7-3-2-4-8-14/h2-4,7-8,13H,5-6,9-12H2,1H3,(H,17,19)/t13-/m0/s1. The number of hydrogen-bond donors (Lipinski definition) is 1. The topological polar surface area (TPSA) is 49.4 Å². The summed E-state index contributed by atoms with van der Waals surface area (Å²) >= 11 is 0. The minimum Gasteiger partial charge on any atom is -0.345 e. The van der Waals surface area contributed by atoms with Gasteiger partial charge in [-0.15, -0.1) is 0 Å². The molecule has 0 radical (unpaired) electrons. The monoisotopic (exact) mass is 274 g/mol. The maximum Gasteiger partial charge on any atom is 0.244 e. The summed E-state index contributed by atoms with van der Waals surface area (Å²) in [4.78, 5) is 25.8. The maximum absolute atomic E-state index is 12.1. The van der Waals surface area contributed by atoms with E-state index in [1.54, 1.807) is 6.92 Å². The number of aryl methyl sites for hydroxylation is 1. The van der Waals surface area contributed by atoms with Gasteiger partial charge in [0.2, 0.25) is 11.8 Å². The first-order chi connectivity index (χ1) is 9.66. The van der Waals surface area contributed by atoms with Crippen LogP contribution in [0.4, 0.5) is 0 Å². The van der Waals surface area contributed by atoms with E-state index in [0.717, 1.165) is 31.5 Å². The summed E-state index contributed by atoms with van der Waals surface area (Å²) in [6.45, 7) is 3.41. The zero-order chi connectivity index (χ0) is 14.4. The molecule has 1 aliphatic heterocycles. The van der Waals surface area contributed by atoms with Crippen molar-refractivity contribution in [2.24, 2.45) is 0 Å². The molecule has 1 heterocycles. The maximum atomic E-state index is 12.1. The highest BCUT2D eigenvalue weighted by atomic mass is 16.2. The largest absolute Gasteiger partial charge is 0.345 e. The highest BCUT2D eigenvalue weighted by Gasteiger charge is 2.24. The lowest BCUT2D eigenvalue weighted by molar-refractivity contribution is -0.135. The number of rotatable bonds is 5. The molecule has 1 aliphatic rings. The Morgan fingerprint density at radius 2 is 1.85 bits per heavy atom. The molecule has 1 aromatic carbocycles. The summed E-state index contributed by atoms with van der Waals surface area (Å²) in [6, 6.07) is 9.48. The second kappa shape index (κ2) is 7.08. The molecular weight excluding hydrogens is 252 g/mol. The Labute approximate surface area is 120 Å². The number of amides is 2. The van der Waals surface area contributed by atoms with Gasteiger partial charge in [0.15, 0.2) is 0 Å². The van der Waals surface area contributed by atoms with Gasteiger partial charge in [0.05, 0.1) is 0 Å². The van der Waals surface area contributed by atoms with E-state index in [-0.39, 0.29) is 11.8 Å². The van der Waals surface area contributed by atoms with Crippen LogP contribution in [0.2, 0.25) is 0 Å². The number of carbonyl (C=O) groups is 2. The van der Waals surface area contributed by atoms with Gasteiger partial charge >= 0.3 is 0 Å². The molecule has 1 fully saturated rings. The van der Waals surface area contributed by atoms with E-state index < -0.39 is 6.04 Å². The smallest absolute Gasteiger partial charge is 0.244 e. The van der Waals surface area contributed by atoms with Gasteiger partial charge in [-0.3, -0.25) is 9.59 Å². The van der Waals surface area contributed by atoms with Gasteiger partial charge < -0.3 is 10.2 Å². The summed E-state index contributed by atoms with van der Waals surface area (Å²) in [5, 5.41) is 2.80. The van der Waals surface area contributed by atoms with E-state index in [1.807, 2.05) is 35.2 Å². The SMILES string of the molecule is C[C@H](NC(=O)CCc1ccccc1)C(=O)N1CCCC1. The Bertz CT molecular complexity index is 453. The Balaban J connectivity index is 1.74. The number of hydrogen-bond acceptors (Lipinski definition) is 2. The summed E-state index contributed by atoms with van der Waals surface area (Å²) < 4.78 is 0. The van der Waals surface area contributed by atoms with Gasteiger partial charge in [-0.25, -0.2) is 0 Å². The molecule has 0 bridgehead atoms. The average Bonchev–Trinajstić information content (AvgIpc) is 2.99. The molecule has 20 heavy (non-hydrogen) atoms. The van der Waals surface area contributed by atoms with Crippen LogP contribution in [0.25, 0.3) is 0 Å². The minimum absolute atomic E-state index is 0.0376. The molecule has 0 spiro atoms. The quantitative estimate of drug-likeness (QED) is 0.889. The lowest BCUT2D eigenvalue weighted by atomic mass is 10.1. The number of nitrogens with zero attached hydrogens (tertiary/aromatic N) is 1. The second-order valence-electron chi connectivity index (χ2n) is 5.31. The van der Waals surface area contributed by atoms with Crippen molar-refractivity contribution in [1.29, 1.82) is 0 Å². The zero-order valence-corrected chi connectivity index (χ0v) is 12.0. The molecular formula is C16H22N2O2. The summed E-state index contributed by atoms with van der Waals surface area (Å²) in [7, 11) is 0. The van der Waals surface area contributed by atoms with Crippen molar-refractivity contribution >= 4 is 11.8 Å². The van der Waals surface area contributed by atoms with Crippen LogP contribution in [-0.2, 0) is 16.0 Å². The van der Waals surface area contributed by atoms with E-state index in [4.69, 9.17) is 0 Å². The number of likely N-dealkylation sites (tertiary alicyclic amines) is 1. The average molecular weight is 274 g/mol. The second-order valence-corrected chi connectivity index (χ2v) is 5.31. The van der Waals surface area contributed by atoms with Crippen molar-refractivity contribution in [3.63, 3.8) is 0 Å². The van der Waals surface area contributed by atoms with Crippen molar-refractivity contribution < 1.29 is 9.59 Å². The van der Waals surface area contributed by atoms with Crippen LogP contribution in [0.15, 0.2) is 30.3 Å². The summed E-state index contributed by atoms with van der Waals surface area (Å²) in [6.07, 6.45) is 3.26. The van der Waals surface area contributed by atoms with E-state index in [1.165, 1.54) is 0 Å². The molecule has 2 rings (SSSR count). The Hall–Kier alpha value is -1.84. The van der Waals surface area contributed by atoms with Crippen molar-refractivity contribution in [3.05, 3.63) is 35.9 Å². The Morgan fingerprint density at radius 3 is 2.50 bits per heavy atom. The first-order valence-electron chi connectivity index (χ1n) is 7.29. The molecule has 1 atom stereocenters. The van der Waals surface area contributed by atoms with Crippen LogP contribution >= 0.6 is 0 Å². The highest BCUT2D eigenvalue weighted by molar-refractivity contribution is 5.87. The minimum atomic E-state index is -0.420. The highest BCUT2D eigenvalue weighted by Crippen LogP contribution is 2.09. The Kier molecular flexibility index (Phi) is 5.16. The van der Waals surface area contributed by atoms with E-state index >= 15 is 0 Å². The van der Waals surface area contributed by atoms with Crippen LogP contribution < -0.4 is 5.32 Å². The van der Waals surface area contributed by atoms with Gasteiger partial charge in [-0.05, 0) is 31.7 Å². The van der Waals surface area contributed by atoms with Gasteiger partial charge in [-0.2, -0.15) is 0 Å². The third-order valence-corrected chi connectivity index (χ3v) is 3.65. The molecule has 4 heteroatoms. The fourth-order valence-corrected chi connectivity index (χ4v) is 2.49. The lowest BCUT2D eigenvalue weighted by Crippen LogP contribution is -2.46. The van der Waals surface area contributed by atoms with E-state index in [0.29, 0.717) is 12.8 Å². The van der Waals surface area contributed by atoms with Gasteiger partial charge in [0.1, 0.15) is 6.04 Å². The van der Waals surface area contributed by atoms with E-state index in [2.05, 4.69) is 5.32 Å². The van der Waals surface area contributed by atoms with E-state index in [9.17, 15) is 9.59 Å². The fourth-order valence-electron chi connectivity index (χ4n) is 2.49. The predicted octanol–water partition coefficient (Wildman–Crippen LogP) is 1.75. The molecule has 1 saturated heterocycles. The molecule has 108 valence electrons. The van der Waals surface area contributed by atoms with Crippen LogP contribution in [0.5, 0.6) is 0 Å². The molecule has 1 aromatic rings. The van der Waals surface area contributed by atoms with Crippen molar-refractivity contribution in [3.8, 4) is 0 Å². The normalized spacial score (nSPS) is 15.9. The van der Waals surface area contributed by atoms with Crippen molar-refractivity contribution in [2.75, 3.05) is 13.1 Å². The summed E-state index contributed by atoms with van der Waals surface area (Å²) in [5.74, 6) is -0.0236. The van der Waals surface area contributed by atoms with Crippen LogP contribution in [0.1, 0.15) is 31.7 Å². The lowest BCUT2D eigenvalue weighted by Gasteiger charge is -2.21. The molecule has 0 unspecified atom stereocenters. The van der Waals surface area contributed by atoms with Gasteiger partial charge in [0.25, 0.3) is 0 Å².